The number of benzene rings is 2. The number of ether oxygens (including phenoxy) is 2. The third-order valence-electron chi connectivity index (χ3n) is 6.46. The van der Waals surface area contributed by atoms with Crippen molar-refractivity contribution in [3.8, 4) is 5.75 Å². The van der Waals surface area contributed by atoms with E-state index in [-0.39, 0.29) is 18.0 Å². The van der Waals surface area contributed by atoms with Crippen molar-refractivity contribution in [1.29, 1.82) is 0 Å². The van der Waals surface area contributed by atoms with Gasteiger partial charge in [0.15, 0.2) is 6.10 Å². The van der Waals surface area contributed by atoms with Crippen molar-refractivity contribution in [2.75, 3.05) is 20.1 Å². The molecule has 0 aliphatic carbocycles. The Morgan fingerprint density at radius 3 is 2.68 bits per heavy atom. The fourth-order valence-corrected chi connectivity index (χ4v) is 4.93. The van der Waals surface area contributed by atoms with Crippen LogP contribution in [0.1, 0.15) is 44.4 Å². The number of allylic oxidation sites excluding steroid dienone is 1. The number of urea groups is 1. The largest absolute Gasteiger partial charge is 0.480 e. The molecule has 2 aliphatic rings. The van der Waals surface area contributed by atoms with Crippen molar-refractivity contribution in [2.24, 2.45) is 0 Å². The van der Waals surface area contributed by atoms with Gasteiger partial charge in [-0.25, -0.2) is 9.59 Å². The highest BCUT2D eigenvalue weighted by molar-refractivity contribution is 6.30. The number of para-hydroxylation sites is 1. The number of hydrogen-bond donors (Lipinski definition) is 1. The minimum atomic E-state index is -0.674. The normalized spacial score (nSPS) is 18.9. The van der Waals surface area contributed by atoms with Gasteiger partial charge in [-0.3, -0.25) is 4.79 Å². The molecule has 2 aromatic rings. The van der Waals surface area contributed by atoms with Gasteiger partial charge in [0, 0.05) is 37.3 Å². The lowest BCUT2D eigenvalue weighted by atomic mass is 9.93. The van der Waals surface area contributed by atoms with Crippen molar-refractivity contribution < 1.29 is 23.9 Å². The van der Waals surface area contributed by atoms with Crippen LogP contribution in [0.3, 0.4) is 0 Å². The molecule has 1 N–H and O–H groups in total. The van der Waals surface area contributed by atoms with Gasteiger partial charge >= 0.3 is 12.0 Å². The van der Waals surface area contributed by atoms with E-state index < -0.39 is 18.1 Å². The maximum atomic E-state index is 13.1. The Bertz CT molecular complexity index is 1200. The van der Waals surface area contributed by atoms with Crippen LogP contribution >= 0.6 is 11.6 Å². The molecule has 0 radical (unpaired) electrons. The Morgan fingerprint density at radius 2 is 1.97 bits per heavy atom. The first-order chi connectivity index (χ1) is 17.7. The summed E-state index contributed by atoms with van der Waals surface area (Å²) in [4.78, 5) is 42.4. The molecule has 2 aliphatic heterocycles. The molecule has 2 heterocycles. The summed E-state index contributed by atoms with van der Waals surface area (Å²) in [6, 6.07) is 13.8. The molecule has 0 bridgehead atoms. The Kier molecular flexibility index (Phi) is 8.07. The number of carbonyl (C=O) groups excluding carboxylic acids is 3. The van der Waals surface area contributed by atoms with E-state index in [9.17, 15) is 14.4 Å². The number of rotatable bonds is 8. The smallest absolute Gasteiger partial charge is 0.338 e. The van der Waals surface area contributed by atoms with E-state index in [1.807, 2.05) is 30.3 Å². The quantitative estimate of drug-likeness (QED) is 0.513. The lowest BCUT2D eigenvalue weighted by Gasteiger charge is -2.38. The zero-order valence-electron chi connectivity index (χ0n) is 21.5. The number of nitrogens with one attached hydrogen (secondary N) is 1. The van der Waals surface area contributed by atoms with Crippen LogP contribution in [0, 0.1) is 0 Å². The molecule has 0 spiro atoms. The molecule has 196 valence electrons. The lowest BCUT2D eigenvalue weighted by Crippen LogP contribution is -2.49. The van der Waals surface area contributed by atoms with Gasteiger partial charge in [0.05, 0.1) is 17.7 Å². The van der Waals surface area contributed by atoms with Gasteiger partial charge in [-0.15, -0.1) is 0 Å². The summed E-state index contributed by atoms with van der Waals surface area (Å²) in [5.74, 6) is 0.141. The molecular formula is C28H32ClN3O5. The predicted octanol–water partition coefficient (Wildman–Crippen LogP) is 4.48. The van der Waals surface area contributed by atoms with Crippen molar-refractivity contribution in [1.82, 2.24) is 15.1 Å². The first-order valence-corrected chi connectivity index (χ1v) is 12.8. The lowest BCUT2D eigenvalue weighted by molar-refractivity contribution is -0.143. The number of halogens is 1. The van der Waals surface area contributed by atoms with E-state index in [0.29, 0.717) is 47.8 Å². The monoisotopic (exact) mass is 525 g/mol. The van der Waals surface area contributed by atoms with Crippen molar-refractivity contribution in [2.45, 2.75) is 51.9 Å². The van der Waals surface area contributed by atoms with Crippen LogP contribution < -0.4 is 10.1 Å². The molecule has 0 saturated carbocycles. The number of esters is 1. The summed E-state index contributed by atoms with van der Waals surface area (Å²) in [6.07, 6.45) is 0.166. The highest BCUT2D eigenvalue weighted by Gasteiger charge is 2.39. The van der Waals surface area contributed by atoms with Crippen molar-refractivity contribution in [3.05, 3.63) is 76.0 Å². The van der Waals surface area contributed by atoms with Gasteiger partial charge < -0.3 is 24.6 Å². The predicted molar refractivity (Wildman–Crippen MR) is 140 cm³/mol. The van der Waals surface area contributed by atoms with Gasteiger partial charge in [0.1, 0.15) is 5.75 Å². The first kappa shape index (κ1) is 26.5. The highest BCUT2D eigenvalue weighted by atomic mass is 35.5. The second kappa shape index (κ2) is 11.3. The van der Waals surface area contributed by atoms with Crippen LogP contribution in [0.4, 0.5) is 4.79 Å². The Hall–Kier alpha value is -3.52. The summed E-state index contributed by atoms with van der Waals surface area (Å²) < 4.78 is 11.3. The van der Waals surface area contributed by atoms with Crippen LogP contribution in [0.2, 0.25) is 5.02 Å². The molecule has 2 unspecified atom stereocenters. The third kappa shape index (κ3) is 5.91. The zero-order valence-corrected chi connectivity index (χ0v) is 22.2. The maximum Gasteiger partial charge on any atom is 0.338 e. The third-order valence-corrected chi connectivity index (χ3v) is 6.70. The number of carbonyl (C=O) groups is 3. The molecule has 2 atom stereocenters. The molecule has 2 aromatic carbocycles. The number of nitrogens with zero attached hydrogens (tertiary/aromatic N) is 2. The molecule has 0 saturated heterocycles. The van der Waals surface area contributed by atoms with Crippen LogP contribution in [0.15, 0.2) is 59.8 Å². The van der Waals surface area contributed by atoms with E-state index in [2.05, 4.69) is 5.32 Å². The number of likely N-dealkylation sites (N-methyl/N-ethyl adjacent to an activating group) is 1. The average molecular weight is 526 g/mol. The van der Waals surface area contributed by atoms with Gasteiger partial charge in [-0.2, -0.15) is 0 Å². The summed E-state index contributed by atoms with van der Waals surface area (Å²) in [6.45, 7) is 5.96. The minimum absolute atomic E-state index is 0.109. The van der Waals surface area contributed by atoms with E-state index in [1.165, 1.54) is 0 Å². The fraction of sp³-hybridized carbons (Fsp3) is 0.393. The van der Waals surface area contributed by atoms with Crippen LogP contribution in [0.25, 0.3) is 0 Å². The standard InChI is InChI=1S/C28H32ClN3O5/c1-17(2)36-27(34)24-18(3)30-28(35)32(25(24)20-10-7-11-21(29)15-20)14-8-13-31(4)26(33)23-16-19-9-5-6-12-22(19)37-23/h5-7,9-12,15,17,23,25H,8,13-14,16H2,1-4H3,(H,30,35). The topological polar surface area (TPSA) is 88.2 Å². The number of fused-ring (bicyclic) bond motifs is 1. The summed E-state index contributed by atoms with van der Waals surface area (Å²) in [5.41, 5.74) is 2.53. The number of amides is 3. The van der Waals surface area contributed by atoms with Crippen LogP contribution in [-0.2, 0) is 20.7 Å². The van der Waals surface area contributed by atoms with Crippen molar-refractivity contribution in [3.63, 3.8) is 0 Å². The summed E-state index contributed by atoms with van der Waals surface area (Å²) in [5, 5.41) is 3.30. The van der Waals surface area contributed by atoms with Crippen LogP contribution in [0.5, 0.6) is 5.75 Å². The number of hydrogen-bond acceptors (Lipinski definition) is 5. The van der Waals surface area contributed by atoms with Crippen LogP contribution in [-0.4, -0.2) is 60.1 Å². The average Bonchev–Trinajstić information content (AvgIpc) is 3.28. The fourth-order valence-electron chi connectivity index (χ4n) is 4.73. The second-order valence-corrected chi connectivity index (χ2v) is 10.0. The van der Waals surface area contributed by atoms with E-state index in [1.54, 1.807) is 55.8 Å². The molecule has 0 fully saturated rings. The van der Waals surface area contributed by atoms with Gasteiger partial charge in [-0.1, -0.05) is 41.9 Å². The minimum Gasteiger partial charge on any atom is -0.480 e. The molecule has 4 rings (SSSR count). The zero-order chi connectivity index (χ0) is 26.7. The second-order valence-electron chi connectivity index (χ2n) is 9.61. The van der Waals surface area contributed by atoms with E-state index >= 15 is 0 Å². The molecule has 37 heavy (non-hydrogen) atoms. The maximum absolute atomic E-state index is 13.1. The molecule has 3 amide bonds. The van der Waals surface area contributed by atoms with Gasteiger partial charge in [-0.05, 0) is 56.5 Å². The van der Waals surface area contributed by atoms with Gasteiger partial charge in [0.25, 0.3) is 5.91 Å². The summed E-state index contributed by atoms with van der Waals surface area (Å²) in [7, 11) is 1.73. The molecule has 0 aromatic heterocycles. The van der Waals surface area contributed by atoms with Crippen molar-refractivity contribution >= 4 is 29.5 Å². The molecular weight excluding hydrogens is 494 g/mol. The Balaban J connectivity index is 1.48. The summed E-state index contributed by atoms with van der Waals surface area (Å²) >= 11 is 6.27. The van der Waals surface area contributed by atoms with Gasteiger partial charge in [0.2, 0.25) is 0 Å². The molecule has 9 heteroatoms. The Morgan fingerprint density at radius 1 is 1.22 bits per heavy atom. The SMILES string of the molecule is CC1=C(C(=O)OC(C)C)C(c2cccc(Cl)c2)N(CCCN(C)C(=O)C2Cc3ccccc3O2)C(=O)N1. The van der Waals surface area contributed by atoms with E-state index in [0.717, 1.165) is 11.3 Å². The van der Waals surface area contributed by atoms with E-state index in [4.69, 9.17) is 21.1 Å². The Labute approximate surface area is 222 Å². The molecule has 8 nitrogen and oxygen atoms in total. The first-order valence-electron chi connectivity index (χ1n) is 12.4. The highest BCUT2D eigenvalue weighted by Crippen LogP contribution is 2.36.